The Morgan fingerprint density at radius 3 is 2.95 bits per heavy atom. The van der Waals surface area contributed by atoms with Crippen molar-refractivity contribution >= 4 is 21.8 Å². The molecule has 2 rings (SSSR count). The molecule has 0 saturated heterocycles. The summed E-state index contributed by atoms with van der Waals surface area (Å²) in [6, 6.07) is 8.31. The molecular weight excluding hydrogens is 322 g/mol. The van der Waals surface area contributed by atoms with Gasteiger partial charge in [0, 0.05) is 12.6 Å². The summed E-state index contributed by atoms with van der Waals surface area (Å²) in [7, 11) is 0. The van der Waals surface area contributed by atoms with E-state index in [9.17, 15) is 4.79 Å². The smallest absolute Gasteiger partial charge is 0.258 e. The van der Waals surface area contributed by atoms with Gasteiger partial charge in [-0.05, 0) is 46.5 Å². The first kappa shape index (κ1) is 14.8. The van der Waals surface area contributed by atoms with E-state index < -0.39 is 0 Å². The second kappa shape index (κ2) is 7.27. The van der Waals surface area contributed by atoms with E-state index >= 15 is 0 Å². The van der Waals surface area contributed by atoms with Gasteiger partial charge in [-0.3, -0.25) is 4.79 Å². The van der Waals surface area contributed by atoms with Crippen LogP contribution in [-0.2, 0) is 11.3 Å². The first-order chi connectivity index (χ1) is 9.69. The first-order valence-electron chi connectivity index (χ1n) is 6.47. The highest BCUT2D eigenvalue weighted by molar-refractivity contribution is 9.10. The van der Waals surface area contributed by atoms with E-state index in [-0.39, 0.29) is 19.1 Å². The van der Waals surface area contributed by atoms with Gasteiger partial charge in [-0.15, -0.1) is 0 Å². The number of nitrogens with zero attached hydrogens (tertiary/aromatic N) is 1. The van der Waals surface area contributed by atoms with Crippen LogP contribution in [0.3, 0.4) is 0 Å². The summed E-state index contributed by atoms with van der Waals surface area (Å²) < 4.78 is 6.22. The third-order valence-electron chi connectivity index (χ3n) is 2.89. The minimum absolute atomic E-state index is 0.00482. The standard InChI is InChI=1S/C14H16BrN3O2/c15-12-7-10(8-18-11-2-3-11)1-4-13(12)20-9-14(19)17-6-5-16/h1,4,7,11,18H,2-3,6,8-9H2,(H,17,19). The topological polar surface area (TPSA) is 74.2 Å². The highest BCUT2D eigenvalue weighted by Gasteiger charge is 2.20. The van der Waals surface area contributed by atoms with Crippen molar-refractivity contribution in [1.82, 2.24) is 10.6 Å². The largest absolute Gasteiger partial charge is 0.483 e. The molecule has 5 nitrogen and oxygen atoms in total. The summed E-state index contributed by atoms with van der Waals surface area (Å²) in [5.41, 5.74) is 1.17. The zero-order valence-electron chi connectivity index (χ0n) is 11.0. The Hall–Kier alpha value is -1.58. The predicted octanol–water partition coefficient (Wildman–Crippen LogP) is 1.72. The second-order valence-corrected chi connectivity index (χ2v) is 5.50. The van der Waals surface area contributed by atoms with E-state index in [4.69, 9.17) is 10.00 Å². The van der Waals surface area contributed by atoms with Crippen molar-refractivity contribution in [2.75, 3.05) is 13.2 Å². The Bertz CT molecular complexity index is 524. The molecule has 1 aliphatic carbocycles. The van der Waals surface area contributed by atoms with Gasteiger partial charge in [-0.1, -0.05) is 6.07 Å². The molecule has 0 atom stereocenters. The Balaban J connectivity index is 1.82. The van der Waals surface area contributed by atoms with E-state index in [0.29, 0.717) is 11.8 Å². The van der Waals surface area contributed by atoms with Crippen LogP contribution in [0.2, 0.25) is 0 Å². The summed E-state index contributed by atoms with van der Waals surface area (Å²) in [5.74, 6) is 0.310. The Morgan fingerprint density at radius 1 is 1.50 bits per heavy atom. The number of nitrogens with one attached hydrogen (secondary N) is 2. The van der Waals surface area contributed by atoms with Gasteiger partial charge in [0.15, 0.2) is 6.61 Å². The Labute approximate surface area is 126 Å². The van der Waals surface area contributed by atoms with Gasteiger partial charge in [-0.2, -0.15) is 5.26 Å². The van der Waals surface area contributed by atoms with E-state index in [1.54, 1.807) is 0 Å². The van der Waals surface area contributed by atoms with Crippen LogP contribution in [-0.4, -0.2) is 25.1 Å². The highest BCUT2D eigenvalue weighted by Crippen LogP contribution is 2.26. The Kier molecular flexibility index (Phi) is 5.39. The average Bonchev–Trinajstić information content (AvgIpc) is 3.26. The molecule has 0 aliphatic heterocycles. The number of rotatable bonds is 7. The highest BCUT2D eigenvalue weighted by atomic mass is 79.9. The third-order valence-corrected chi connectivity index (χ3v) is 3.51. The lowest BCUT2D eigenvalue weighted by atomic mass is 10.2. The fourth-order valence-electron chi connectivity index (χ4n) is 1.65. The molecule has 0 heterocycles. The molecule has 1 fully saturated rings. The van der Waals surface area contributed by atoms with E-state index in [1.807, 2.05) is 24.3 Å². The number of carbonyl (C=O) groups is 1. The van der Waals surface area contributed by atoms with Gasteiger partial charge < -0.3 is 15.4 Å². The lowest BCUT2D eigenvalue weighted by Gasteiger charge is -2.10. The molecule has 0 aromatic heterocycles. The number of benzene rings is 1. The molecule has 106 valence electrons. The fourth-order valence-corrected chi connectivity index (χ4v) is 2.19. The lowest BCUT2D eigenvalue weighted by molar-refractivity contribution is -0.122. The summed E-state index contributed by atoms with van der Waals surface area (Å²) >= 11 is 3.44. The molecule has 0 spiro atoms. The normalized spacial score (nSPS) is 13.6. The molecule has 0 bridgehead atoms. The number of ether oxygens (including phenoxy) is 1. The van der Waals surface area contributed by atoms with Gasteiger partial charge in [0.25, 0.3) is 5.91 Å². The molecule has 0 radical (unpaired) electrons. The zero-order valence-corrected chi connectivity index (χ0v) is 12.6. The number of hydrogen-bond acceptors (Lipinski definition) is 4. The van der Waals surface area contributed by atoms with E-state index in [1.165, 1.54) is 18.4 Å². The minimum atomic E-state index is -0.307. The van der Waals surface area contributed by atoms with E-state index in [0.717, 1.165) is 11.0 Å². The lowest BCUT2D eigenvalue weighted by Crippen LogP contribution is -2.29. The zero-order chi connectivity index (χ0) is 14.4. The molecule has 2 N–H and O–H groups in total. The van der Waals surface area contributed by atoms with Gasteiger partial charge in [0.2, 0.25) is 0 Å². The number of hydrogen-bond donors (Lipinski definition) is 2. The summed E-state index contributed by atoms with van der Waals surface area (Å²) in [6.07, 6.45) is 2.53. The third kappa shape index (κ3) is 4.83. The van der Waals surface area contributed by atoms with Crippen molar-refractivity contribution in [1.29, 1.82) is 5.26 Å². The van der Waals surface area contributed by atoms with Crippen LogP contribution < -0.4 is 15.4 Å². The van der Waals surface area contributed by atoms with Crippen molar-refractivity contribution in [3.63, 3.8) is 0 Å². The Morgan fingerprint density at radius 2 is 2.30 bits per heavy atom. The average molecular weight is 338 g/mol. The van der Waals surface area contributed by atoms with Crippen LogP contribution in [0.5, 0.6) is 5.75 Å². The second-order valence-electron chi connectivity index (χ2n) is 4.64. The minimum Gasteiger partial charge on any atom is -0.483 e. The van der Waals surface area contributed by atoms with Crippen LogP contribution in [0.4, 0.5) is 0 Å². The maximum Gasteiger partial charge on any atom is 0.258 e. The first-order valence-corrected chi connectivity index (χ1v) is 7.26. The number of amides is 1. The molecule has 1 aromatic rings. The SMILES string of the molecule is N#CCNC(=O)COc1ccc(CNC2CC2)cc1Br. The monoisotopic (exact) mass is 337 g/mol. The molecule has 0 unspecified atom stereocenters. The molecule has 1 amide bonds. The molecule has 6 heteroatoms. The molecule has 1 aromatic carbocycles. The van der Waals surface area contributed by atoms with Crippen LogP contribution in [0.15, 0.2) is 22.7 Å². The van der Waals surface area contributed by atoms with Gasteiger partial charge in [0.05, 0.1) is 10.5 Å². The maximum absolute atomic E-state index is 11.3. The maximum atomic E-state index is 11.3. The molecule has 1 aliphatic rings. The van der Waals surface area contributed by atoms with Gasteiger partial charge in [0.1, 0.15) is 12.3 Å². The van der Waals surface area contributed by atoms with Crippen molar-refractivity contribution in [2.45, 2.75) is 25.4 Å². The van der Waals surface area contributed by atoms with Crippen LogP contribution >= 0.6 is 15.9 Å². The van der Waals surface area contributed by atoms with Gasteiger partial charge >= 0.3 is 0 Å². The number of halogens is 1. The molecule has 20 heavy (non-hydrogen) atoms. The van der Waals surface area contributed by atoms with Crippen molar-refractivity contribution in [3.05, 3.63) is 28.2 Å². The van der Waals surface area contributed by atoms with Crippen molar-refractivity contribution < 1.29 is 9.53 Å². The van der Waals surface area contributed by atoms with Crippen LogP contribution in [0.25, 0.3) is 0 Å². The molecular formula is C14H16BrN3O2. The number of carbonyl (C=O) groups excluding carboxylic acids is 1. The molecule has 1 saturated carbocycles. The van der Waals surface area contributed by atoms with Crippen molar-refractivity contribution in [3.8, 4) is 11.8 Å². The van der Waals surface area contributed by atoms with Crippen LogP contribution in [0.1, 0.15) is 18.4 Å². The predicted molar refractivity (Wildman–Crippen MR) is 78.1 cm³/mol. The van der Waals surface area contributed by atoms with Crippen molar-refractivity contribution in [2.24, 2.45) is 0 Å². The summed E-state index contributed by atoms with van der Waals surface area (Å²) in [5, 5.41) is 14.2. The van der Waals surface area contributed by atoms with Crippen LogP contribution in [0, 0.1) is 11.3 Å². The fraction of sp³-hybridized carbons (Fsp3) is 0.429. The number of nitriles is 1. The summed E-state index contributed by atoms with van der Waals surface area (Å²) in [6.45, 7) is 0.737. The quantitative estimate of drug-likeness (QED) is 0.743. The summed E-state index contributed by atoms with van der Waals surface area (Å²) in [4.78, 5) is 11.3. The van der Waals surface area contributed by atoms with E-state index in [2.05, 4.69) is 26.6 Å². The van der Waals surface area contributed by atoms with Gasteiger partial charge in [-0.25, -0.2) is 0 Å².